The fraction of sp³-hybridized carbons (Fsp3) is 0.278. The van der Waals surface area contributed by atoms with Crippen LogP contribution in [0.15, 0.2) is 45.8 Å². The van der Waals surface area contributed by atoms with Gasteiger partial charge in [-0.3, -0.25) is 9.52 Å². The van der Waals surface area contributed by atoms with Crippen molar-refractivity contribution in [1.29, 1.82) is 0 Å². The van der Waals surface area contributed by atoms with Crippen molar-refractivity contribution in [3.8, 4) is 5.75 Å². The molecule has 0 fully saturated rings. The predicted octanol–water partition coefficient (Wildman–Crippen LogP) is 4.11. The monoisotopic (exact) mass is 441 g/mol. The molecule has 2 aromatic rings. The summed E-state index contributed by atoms with van der Waals surface area (Å²) in [5.74, 6) is -0.338. The lowest BCUT2D eigenvalue weighted by Crippen LogP contribution is -2.14. The summed E-state index contributed by atoms with van der Waals surface area (Å²) < 4.78 is 34.2. The zero-order valence-corrected chi connectivity index (χ0v) is 16.9. The summed E-state index contributed by atoms with van der Waals surface area (Å²) in [7, 11) is -3.72. The number of benzene rings is 2. The largest absolute Gasteiger partial charge is 0.493 e. The summed E-state index contributed by atoms with van der Waals surface area (Å²) in [6.45, 7) is 3.83. The number of halogens is 1. The Bertz CT molecular complexity index is 912. The van der Waals surface area contributed by atoms with Crippen LogP contribution in [0.3, 0.4) is 0 Å². The summed E-state index contributed by atoms with van der Waals surface area (Å²) in [6, 6.07) is 9.88. The van der Waals surface area contributed by atoms with Gasteiger partial charge in [0.2, 0.25) is 0 Å². The number of sulfonamides is 1. The first-order valence-electron chi connectivity index (χ1n) is 7.93. The number of ether oxygens (including phenoxy) is 1. The summed E-state index contributed by atoms with van der Waals surface area (Å²) in [5.41, 5.74) is 1.98. The van der Waals surface area contributed by atoms with E-state index < -0.39 is 16.0 Å². The maximum absolute atomic E-state index is 12.6. The van der Waals surface area contributed by atoms with E-state index in [4.69, 9.17) is 9.84 Å². The first kappa shape index (κ1) is 20.3. The number of hydrogen-bond acceptors (Lipinski definition) is 4. The average molecular weight is 442 g/mol. The molecule has 2 rings (SSSR count). The normalized spacial score (nSPS) is 11.2. The zero-order valence-electron chi connectivity index (χ0n) is 14.5. The number of carboxylic acid groups (broad SMARTS) is 1. The lowest BCUT2D eigenvalue weighted by molar-refractivity contribution is -0.137. The third-order valence-electron chi connectivity index (χ3n) is 3.68. The molecule has 0 saturated heterocycles. The van der Waals surface area contributed by atoms with Gasteiger partial charge in [0.05, 0.1) is 17.2 Å². The van der Waals surface area contributed by atoms with Crippen molar-refractivity contribution in [2.24, 2.45) is 0 Å². The van der Waals surface area contributed by atoms with Gasteiger partial charge in [-0.2, -0.15) is 0 Å². The molecule has 2 aromatic carbocycles. The quantitative estimate of drug-likeness (QED) is 0.601. The van der Waals surface area contributed by atoms with E-state index in [2.05, 4.69) is 20.7 Å². The van der Waals surface area contributed by atoms with Gasteiger partial charge in [-0.05, 0) is 67.8 Å². The van der Waals surface area contributed by atoms with E-state index in [1.807, 2.05) is 13.0 Å². The smallest absolute Gasteiger partial charge is 0.303 e. The van der Waals surface area contributed by atoms with Gasteiger partial charge < -0.3 is 9.84 Å². The molecule has 0 unspecified atom stereocenters. The van der Waals surface area contributed by atoms with Crippen molar-refractivity contribution in [2.75, 3.05) is 11.3 Å². The molecule has 0 aliphatic rings. The molecule has 0 aromatic heterocycles. The number of rotatable bonds is 8. The first-order chi connectivity index (χ1) is 12.2. The Morgan fingerprint density at radius 3 is 2.50 bits per heavy atom. The van der Waals surface area contributed by atoms with Crippen molar-refractivity contribution < 1.29 is 23.1 Å². The molecular formula is C18H20BrNO5S. The molecule has 8 heteroatoms. The minimum atomic E-state index is -3.72. The molecule has 0 radical (unpaired) electrons. The van der Waals surface area contributed by atoms with Gasteiger partial charge in [-0.15, -0.1) is 0 Å². The fourth-order valence-electron chi connectivity index (χ4n) is 2.30. The van der Waals surface area contributed by atoms with E-state index in [1.165, 1.54) is 12.1 Å². The van der Waals surface area contributed by atoms with E-state index in [1.54, 1.807) is 25.1 Å². The molecule has 2 N–H and O–H groups in total. The van der Waals surface area contributed by atoms with Gasteiger partial charge >= 0.3 is 5.97 Å². The number of aryl methyl sites for hydroxylation is 2. The Labute approximate surface area is 161 Å². The Hall–Kier alpha value is -2.06. The van der Waals surface area contributed by atoms with Crippen LogP contribution in [-0.4, -0.2) is 26.1 Å². The molecule has 0 saturated carbocycles. The molecule has 0 bridgehead atoms. The SMILES string of the molecule is Cc1cc(Br)ccc1NS(=O)(=O)c1ccc(OCCCC(=O)O)c(C)c1. The zero-order chi connectivity index (χ0) is 19.3. The maximum Gasteiger partial charge on any atom is 0.303 e. The molecule has 0 aliphatic heterocycles. The second kappa shape index (κ2) is 8.55. The van der Waals surface area contributed by atoms with Gasteiger partial charge in [0, 0.05) is 10.9 Å². The van der Waals surface area contributed by atoms with E-state index >= 15 is 0 Å². The van der Waals surface area contributed by atoms with E-state index in [0.29, 0.717) is 23.4 Å². The summed E-state index contributed by atoms with van der Waals surface area (Å²) in [4.78, 5) is 10.6. The summed E-state index contributed by atoms with van der Waals surface area (Å²) in [5, 5.41) is 8.62. The molecule has 0 spiro atoms. The van der Waals surface area contributed by atoms with E-state index in [0.717, 1.165) is 10.0 Å². The highest BCUT2D eigenvalue weighted by Gasteiger charge is 2.17. The Morgan fingerprint density at radius 2 is 1.88 bits per heavy atom. The Kier molecular flexibility index (Phi) is 6.66. The molecular weight excluding hydrogens is 422 g/mol. The van der Waals surface area contributed by atoms with Crippen LogP contribution < -0.4 is 9.46 Å². The predicted molar refractivity (Wildman–Crippen MR) is 103 cm³/mol. The van der Waals surface area contributed by atoms with Gasteiger partial charge in [-0.1, -0.05) is 15.9 Å². The van der Waals surface area contributed by atoms with Crippen LogP contribution >= 0.6 is 15.9 Å². The lowest BCUT2D eigenvalue weighted by atomic mass is 10.2. The highest BCUT2D eigenvalue weighted by atomic mass is 79.9. The molecule has 26 heavy (non-hydrogen) atoms. The van der Waals surface area contributed by atoms with Gasteiger partial charge in [-0.25, -0.2) is 8.42 Å². The third kappa shape index (κ3) is 5.47. The van der Waals surface area contributed by atoms with Crippen LogP contribution in [0.2, 0.25) is 0 Å². The number of hydrogen-bond donors (Lipinski definition) is 2. The van der Waals surface area contributed by atoms with Crippen molar-refractivity contribution in [2.45, 2.75) is 31.6 Å². The number of nitrogens with one attached hydrogen (secondary N) is 1. The topological polar surface area (TPSA) is 92.7 Å². The van der Waals surface area contributed by atoms with Crippen molar-refractivity contribution in [1.82, 2.24) is 0 Å². The highest BCUT2D eigenvalue weighted by Crippen LogP contribution is 2.26. The molecule has 0 amide bonds. The van der Waals surface area contributed by atoms with Gasteiger partial charge in [0.25, 0.3) is 10.0 Å². The molecule has 0 heterocycles. The Morgan fingerprint density at radius 1 is 1.15 bits per heavy atom. The van der Waals surface area contributed by atoms with Crippen molar-refractivity contribution in [3.63, 3.8) is 0 Å². The number of carbonyl (C=O) groups is 1. The minimum Gasteiger partial charge on any atom is -0.493 e. The van der Waals surface area contributed by atoms with Gasteiger partial charge in [0.1, 0.15) is 5.75 Å². The maximum atomic E-state index is 12.6. The number of anilines is 1. The molecule has 0 atom stereocenters. The standard InChI is InChI=1S/C18H20BrNO5S/c1-12-10-14(19)5-7-16(12)20-26(23,24)15-6-8-17(13(2)11-15)25-9-3-4-18(21)22/h5-8,10-11,20H,3-4,9H2,1-2H3,(H,21,22). The number of aliphatic carboxylic acids is 1. The third-order valence-corrected chi connectivity index (χ3v) is 5.54. The van der Waals surface area contributed by atoms with Crippen LogP contribution in [0.4, 0.5) is 5.69 Å². The van der Waals surface area contributed by atoms with E-state index in [-0.39, 0.29) is 17.9 Å². The molecule has 6 nitrogen and oxygen atoms in total. The van der Waals surface area contributed by atoms with Crippen LogP contribution in [0, 0.1) is 13.8 Å². The van der Waals surface area contributed by atoms with Crippen LogP contribution in [0.5, 0.6) is 5.75 Å². The minimum absolute atomic E-state index is 0.0297. The van der Waals surface area contributed by atoms with Gasteiger partial charge in [0.15, 0.2) is 0 Å². The van der Waals surface area contributed by atoms with Crippen molar-refractivity contribution >= 4 is 37.6 Å². The summed E-state index contributed by atoms with van der Waals surface area (Å²) in [6.07, 6.45) is 0.418. The summed E-state index contributed by atoms with van der Waals surface area (Å²) >= 11 is 3.35. The van der Waals surface area contributed by atoms with Crippen LogP contribution in [0.25, 0.3) is 0 Å². The van der Waals surface area contributed by atoms with Crippen molar-refractivity contribution in [3.05, 3.63) is 52.0 Å². The highest BCUT2D eigenvalue weighted by molar-refractivity contribution is 9.10. The lowest BCUT2D eigenvalue weighted by Gasteiger charge is -2.13. The van der Waals surface area contributed by atoms with E-state index in [9.17, 15) is 13.2 Å². The van der Waals surface area contributed by atoms with Crippen LogP contribution in [-0.2, 0) is 14.8 Å². The second-order valence-corrected chi connectivity index (χ2v) is 8.44. The fourth-order valence-corrected chi connectivity index (χ4v) is 3.99. The average Bonchev–Trinajstić information content (AvgIpc) is 2.55. The molecule has 140 valence electrons. The Balaban J connectivity index is 2.12. The first-order valence-corrected chi connectivity index (χ1v) is 10.2. The number of carboxylic acids is 1. The van der Waals surface area contributed by atoms with Crippen LogP contribution in [0.1, 0.15) is 24.0 Å². The second-order valence-electron chi connectivity index (χ2n) is 5.84. The molecule has 0 aliphatic carbocycles.